The van der Waals surface area contributed by atoms with Crippen molar-refractivity contribution in [3.63, 3.8) is 0 Å². The Morgan fingerprint density at radius 3 is 2.56 bits per heavy atom. The number of methoxy groups -OCH3 is 1. The SMILES string of the molecule is COc1ncccc1NC1CN(C(=O)c2ccc(NS(O)(O)c3cccc4cccnc34)c(C)c2)C1. The second-order valence-electron chi connectivity index (χ2n) is 8.62. The third-order valence-corrected chi connectivity index (χ3v) is 7.57. The number of amides is 1. The maximum Gasteiger partial charge on any atom is 0.254 e. The molecule has 0 saturated carbocycles. The van der Waals surface area contributed by atoms with E-state index in [9.17, 15) is 13.9 Å². The molecule has 2 aromatic heterocycles. The van der Waals surface area contributed by atoms with Crippen LogP contribution in [0.1, 0.15) is 15.9 Å². The smallest absolute Gasteiger partial charge is 0.254 e. The Balaban J connectivity index is 1.26. The predicted octanol–water partition coefficient (Wildman–Crippen LogP) is 5.02. The van der Waals surface area contributed by atoms with Gasteiger partial charge in [0.15, 0.2) is 0 Å². The zero-order chi connectivity index (χ0) is 25.3. The molecule has 9 nitrogen and oxygen atoms in total. The summed E-state index contributed by atoms with van der Waals surface area (Å²) in [4.78, 5) is 23.6. The van der Waals surface area contributed by atoms with Gasteiger partial charge in [-0.25, -0.2) is 4.98 Å². The molecule has 0 bridgehead atoms. The van der Waals surface area contributed by atoms with Crippen LogP contribution in [0.15, 0.2) is 78.0 Å². The minimum atomic E-state index is -3.38. The summed E-state index contributed by atoms with van der Waals surface area (Å²) in [6, 6.07) is 17.9. The molecule has 0 aliphatic carbocycles. The van der Waals surface area contributed by atoms with Crippen molar-refractivity contribution >= 4 is 39.0 Å². The summed E-state index contributed by atoms with van der Waals surface area (Å²) < 4.78 is 30.0. The number of ether oxygens (including phenoxy) is 1. The molecule has 0 unspecified atom stereocenters. The molecule has 186 valence electrons. The number of carbonyl (C=O) groups excluding carboxylic acids is 1. The van der Waals surface area contributed by atoms with Crippen LogP contribution in [0.25, 0.3) is 10.9 Å². The fourth-order valence-corrected chi connectivity index (χ4v) is 5.58. The standard InChI is InChI=1S/C26H27N5O4S/c1-17-14-19(26(32)31-15-20(16-31)29-22-8-5-13-28-25(22)35-2)10-11-21(17)30-36(33,34)23-9-3-6-18-7-4-12-27-24(18)23/h3-14,20,29-30,33-34H,15-16H2,1-2H3. The quantitative estimate of drug-likeness (QED) is 0.276. The van der Waals surface area contributed by atoms with Crippen LogP contribution in [-0.4, -0.2) is 56.1 Å². The minimum absolute atomic E-state index is 0.0780. The second kappa shape index (κ2) is 9.65. The number of likely N-dealkylation sites (tertiary alicyclic amines) is 1. The molecule has 1 amide bonds. The molecular formula is C26H27N5O4S. The van der Waals surface area contributed by atoms with Gasteiger partial charge >= 0.3 is 0 Å². The zero-order valence-corrected chi connectivity index (χ0v) is 20.7. The lowest BCUT2D eigenvalue weighted by Gasteiger charge is -2.40. The van der Waals surface area contributed by atoms with Crippen molar-refractivity contribution in [3.8, 4) is 5.88 Å². The van der Waals surface area contributed by atoms with Crippen LogP contribution in [0.3, 0.4) is 0 Å². The van der Waals surface area contributed by atoms with Crippen molar-refractivity contribution in [1.29, 1.82) is 0 Å². The van der Waals surface area contributed by atoms with Crippen molar-refractivity contribution in [2.24, 2.45) is 0 Å². The Hall–Kier alpha value is -3.86. The Bertz CT molecular complexity index is 1420. The molecule has 4 N–H and O–H groups in total. The van der Waals surface area contributed by atoms with E-state index < -0.39 is 10.8 Å². The number of nitrogens with one attached hydrogen (secondary N) is 2. The average Bonchev–Trinajstić information content (AvgIpc) is 2.86. The van der Waals surface area contributed by atoms with E-state index in [2.05, 4.69) is 20.0 Å². The highest BCUT2D eigenvalue weighted by molar-refractivity contribution is 8.25. The Morgan fingerprint density at radius 2 is 1.78 bits per heavy atom. The molecule has 0 spiro atoms. The Kier molecular flexibility index (Phi) is 6.40. The first-order valence-electron chi connectivity index (χ1n) is 11.4. The van der Waals surface area contributed by atoms with Crippen LogP contribution in [0.4, 0.5) is 11.4 Å². The summed E-state index contributed by atoms with van der Waals surface area (Å²) in [7, 11) is -1.81. The van der Waals surface area contributed by atoms with Gasteiger partial charge in [-0.3, -0.25) is 23.6 Å². The van der Waals surface area contributed by atoms with Crippen LogP contribution in [0.5, 0.6) is 5.88 Å². The largest absolute Gasteiger partial charge is 0.480 e. The molecule has 0 atom stereocenters. The number of fused-ring (bicyclic) bond motifs is 1. The summed E-state index contributed by atoms with van der Waals surface area (Å²) in [5.41, 5.74) is 3.12. The molecule has 1 aliphatic rings. The number of hydrogen-bond acceptors (Lipinski definition) is 8. The Morgan fingerprint density at radius 1 is 1.03 bits per heavy atom. The van der Waals surface area contributed by atoms with Crippen LogP contribution >= 0.6 is 10.8 Å². The predicted molar refractivity (Wildman–Crippen MR) is 142 cm³/mol. The van der Waals surface area contributed by atoms with Gasteiger partial charge in [0.25, 0.3) is 5.91 Å². The van der Waals surface area contributed by atoms with Gasteiger partial charge < -0.3 is 15.0 Å². The van der Waals surface area contributed by atoms with Gasteiger partial charge in [-0.15, -0.1) is 0 Å². The van der Waals surface area contributed by atoms with E-state index in [1.54, 1.807) is 60.8 Å². The van der Waals surface area contributed by atoms with Crippen LogP contribution in [0.2, 0.25) is 0 Å². The van der Waals surface area contributed by atoms with Gasteiger partial charge in [-0.2, -0.15) is 0 Å². The van der Waals surface area contributed by atoms with Gasteiger partial charge in [0, 0.05) is 36.4 Å². The van der Waals surface area contributed by atoms with Gasteiger partial charge in [0.05, 0.1) is 30.0 Å². The highest BCUT2D eigenvalue weighted by Crippen LogP contribution is 2.50. The number of aryl methyl sites for hydroxylation is 1. The first kappa shape index (κ1) is 23.9. The third-order valence-electron chi connectivity index (χ3n) is 6.12. The number of anilines is 2. The van der Waals surface area contributed by atoms with Crippen molar-refractivity contribution in [2.75, 3.05) is 30.2 Å². The van der Waals surface area contributed by atoms with Crippen molar-refractivity contribution in [3.05, 3.63) is 84.2 Å². The van der Waals surface area contributed by atoms with Crippen LogP contribution < -0.4 is 14.8 Å². The second-order valence-corrected chi connectivity index (χ2v) is 10.4. The fourth-order valence-electron chi connectivity index (χ4n) is 4.23. The minimum Gasteiger partial charge on any atom is -0.480 e. The van der Waals surface area contributed by atoms with Crippen LogP contribution in [0, 0.1) is 6.92 Å². The number of benzene rings is 2. The topological polar surface area (TPSA) is 120 Å². The fraction of sp³-hybridized carbons (Fsp3) is 0.192. The van der Waals surface area contributed by atoms with Gasteiger partial charge in [0.1, 0.15) is 4.90 Å². The average molecular weight is 506 g/mol. The summed E-state index contributed by atoms with van der Waals surface area (Å²) in [6.07, 6.45) is 3.29. The number of pyridine rings is 2. The lowest BCUT2D eigenvalue weighted by atomic mass is 10.0. The van der Waals surface area contributed by atoms with E-state index >= 15 is 0 Å². The molecular weight excluding hydrogens is 478 g/mol. The van der Waals surface area contributed by atoms with Crippen molar-refractivity contribution in [2.45, 2.75) is 17.9 Å². The van der Waals surface area contributed by atoms with Gasteiger partial charge in [-0.1, -0.05) is 29.0 Å². The van der Waals surface area contributed by atoms with E-state index in [-0.39, 0.29) is 11.9 Å². The first-order chi connectivity index (χ1) is 17.4. The summed E-state index contributed by atoms with van der Waals surface area (Å²) in [5, 5.41) is 4.18. The number of para-hydroxylation sites is 1. The van der Waals surface area contributed by atoms with Crippen LogP contribution in [-0.2, 0) is 0 Å². The normalized spacial score (nSPS) is 14.3. The number of nitrogens with zero attached hydrogens (tertiary/aromatic N) is 3. The summed E-state index contributed by atoms with van der Waals surface area (Å²) >= 11 is 0. The first-order valence-corrected chi connectivity index (χ1v) is 13.0. The summed E-state index contributed by atoms with van der Waals surface area (Å²) in [6.45, 7) is 2.94. The van der Waals surface area contributed by atoms with E-state index in [1.807, 2.05) is 31.2 Å². The number of aromatic nitrogens is 2. The highest BCUT2D eigenvalue weighted by Gasteiger charge is 2.32. The molecule has 4 aromatic rings. The molecule has 36 heavy (non-hydrogen) atoms. The third kappa shape index (κ3) is 4.66. The molecule has 1 saturated heterocycles. The molecule has 2 aromatic carbocycles. The monoisotopic (exact) mass is 505 g/mol. The van der Waals surface area contributed by atoms with E-state index in [4.69, 9.17) is 4.74 Å². The van der Waals surface area contributed by atoms with Crippen molar-refractivity contribution < 1.29 is 18.6 Å². The van der Waals surface area contributed by atoms with Gasteiger partial charge in [-0.05, 0) is 55.0 Å². The molecule has 1 fully saturated rings. The van der Waals surface area contributed by atoms with E-state index in [0.717, 1.165) is 16.6 Å². The molecule has 0 radical (unpaired) electrons. The maximum atomic E-state index is 13.0. The Labute approximate surface area is 210 Å². The number of carbonyl (C=O) groups is 1. The van der Waals surface area contributed by atoms with Gasteiger partial charge in [0.2, 0.25) is 5.88 Å². The number of hydrogen-bond donors (Lipinski definition) is 4. The lowest BCUT2D eigenvalue weighted by Crippen LogP contribution is -2.57. The van der Waals surface area contributed by atoms with E-state index in [1.165, 1.54) is 0 Å². The maximum absolute atomic E-state index is 13.0. The molecule has 10 heteroatoms. The van der Waals surface area contributed by atoms with Crippen molar-refractivity contribution in [1.82, 2.24) is 14.9 Å². The molecule has 1 aliphatic heterocycles. The molecule has 5 rings (SSSR count). The zero-order valence-electron chi connectivity index (χ0n) is 19.9. The highest BCUT2D eigenvalue weighted by atomic mass is 32.3. The lowest BCUT2D eigenvalue weighted by molar-refractivity contribution is 0.0625. The molecule has 3 heterocycles. The van der Waals surface area contributed by atoms with E-state index in [0.29, 0.717) is 40.6 Å². The number of rotatable bonds is 7. The summed E-state index contributed by atoms with van der Waals surface area (Å²) in [5.74, 6) is 0.442.